The maximum atomic E-state index is 6.21. The molecular formula is C14H15Cl2NS. The summed E-state index contributed by atoms with van der Waals surface area (Å²) in [5, 5.41) is 6.96. The van der Waals surface area contributed by atoms with Gasteiger partial charge in [0, 0.05) is 17.6 Å². The van der Waals surface area contributed by atoms with Crippen LogP contribution in [0.5, 0.6) is 0 Å². The fraction of sp³-hybridized carbons (Fsp3) is 0.286. The van der Waals surface area contributed by atoms with Crippen molar-refractivity contribution in [2.45, 2.75) is 26.4 Å². The average Bonchev–Trinajstić information content (AvgIpc) is 2.74. The van der Waals surface area contributed by atoms with Crippen molar-refractivity contribution in [2.75, 3.05) is 0 Å². The van der Waals surface area contributed by atoms with Crippen LogP contribution in [0.1, 0.15) is 19.4 Å². The minimum atomic E-state index is 0.440. The van der Waals surface area contributed by atoms with Gasteiger partial charge in [0.1, 0.15) is 0 Å². The van der Waals surface area contributed by atoms with Gasteiger partial charge in [0.05, 0.1) is 9.90 Å². The van der Waals surface area contributed by atoms with E-state index < -0.39 is 0 Å². The molecule has 0 amide bonds. The maximum Gasteiger partial charge on any atom is 0.0592 e. The Kier molecular flexibility index (Phi) is 4.68. The molecule has 18 heavy (non-hydrogen) atoms. The highest BCUT2D eigenvalue weighted by molar-refractivity contribution is 7.14. The Morgan fingerprint density at radius 3 is 2.56 bits per heavy atom. The highest BCUT2D eigenvalue weighted by Gasteiger charge is 2.08. The highest BCUT2D eigenvalue weighted by Crippen LogP contribution is 2.34. The van der Waals surface area contributed by atoms with Crippen molar-refractivity contribution in [3.05, 3.63) is 45.3 Å². The molecule has 2 rings (SSSR count). The Morgan fingerprint density at radius 1 is 1.17 bits per heavy atom. The van der Waals surface area contributed by atoms with Crippen molar-refractivity contribution in [3.63, 3.8) is 0 Å². The molecule has 0 aliphatic carbocycles. The molecule has 1 nitrogen and oxygen atoms in total. The van der Waals surface area contributed by atoms with E-state index in [1.165, 1.54) is 0 Å². The summed E-state index contributed by atoms with van der Waals surface area (Å²) in [5.41, 5.74) is 2.23. The van der Waals surface area contributed by atoms with Gasteiger partial charge in [-0.1, -0.05) is 43.1 Å². The smallest absolute Gasteiger partial charge is 0.0592 e. The van der Waals surface area contributed by atoms with Crippen LogP contribution in [0.3, 0.4) is 0 Å². The van der Waals surface area contributed by atoms with Gasteiger partial charge in [-0.05, 0) is 34.7 Å². The summed E-state index contributed by atoms with van der Waals surface area (Å²) in [6, 6.07) is 8.41. The Hall–Kier alpha value is -0.540. The summed E-state index contributed by atoms with van der Waals surface area (Å²) in [7, 11) is 0. The van der Waals surface area contributed by atoms with Crippen LogP contribution in [0.2, 0.25) is 10.0 Å². The van der Waals surface area contributed by atoms with Crippen LogP contribution in [0, 0.1) is 0 Å². The molecule has 2 aromatic rings. The zero-order valence-corrected chi connectivity index (χ0v) is 12.7. The van der Waals surface area contributed by atoms with Gasteiger partial charge >= 0.3 is 0 Å². The Labute approximate surface area is 122 Å². The van der Waals surface area contributed by atoms with Gasteiger partial charge in [-0.15, -0.1) is 11.3 Å². The highest BCUT2D eigenvalue weighted by atomic mass is 35.5. The van der Waals surface area contributed by atoms with E-state index in [1.807, 2.05) is 23.6 Å². The molecule has 1 N–H and O–H groups in total. The zero-order valence-electron chi connectivity index (χ0n) is 10.3. The van der Waals surface area contributed by atoms with Gasteiger partial charge in [-0.25, -0.2) is 0 Å². The molecule has 0 saturated heterocycles. The second-order valence-electron chi connectivity index (χ2n) is 4.44. The Morgan fingerprint density at radius 2 is 1.94 bits per heavy atom. The maximum absolute atomic E-state index is 6.21. The SMILES string of the molecule is CC(C)NCc1cc(-c2sccc2Cl)ccc1Cl. The fourth-order valence-electron chi connectivity index (χ4n) is 1.67. The largest absolute Gasteiger partial charge is 0.310 e. The summed E-state index contributed by atoms with van der Waals surface area (Å²) in [6.07, 6.45) is 0. The molecule has 1 aromatic heterocycles. The van der Waals surface area contributed by atoms with Gasteiger partial charge in [-0.2, -0.15) is 0 Å². The van der Waals surface area contributed by atoms with Gasteiger partial charge < -0.3 is 5.32 Å². The van der Waals surface area contributed by atoms with Crippen LogP contribution < -0.4 is 5.32 Å². The number of rotatable bonds is 4. The van der Waals surface area contributed by atoms with Crippen molar-refractivity contribution < 1.29 is 0 Å². The second-order valence-corrected chi connectivity index (χ2v) is 6.17. The lowest BCUT2D eigenvalue weighted by molar-refractivity contribution is 0.589. The zero-order chi connectivity index (χ0) is 13.1. The Bertz CT molecular complexity index is 534. The third-order valence-corrected chi connectivity index (χ3v) is 4.39. The van der Waals surface area contributed by atoms with Gasteiger partial charge in [0.2, 0.25) is 0 Å². The number of thiophene rings is 1. The number of nitrogens with one attached hydrogen (secondary N) is 1. The first-order valence-corrected chi connectivity index (χ1v) is 7.46. The van der Waals surface area contributed by atoms with Crippen molar-refractivity contribution in [1.82, 2.24) is 5.32 Å². The molecule has 0 aliphatic rings. The molecule has 0 aliphatic heterocycles. The van der Waals surface area contributed by atoms with E-state index in [0.29, 0.717) is 6.04 Å². The first-order chi connectivity index (χ1) is 8.58. The number of hydrogen-bond acceptors (Lipinski definition) is 2. The topological polar surface area (TPSA) is 12.0 Å². The fourth-order valence-corrected chi connectivity index (χ4v) is 3.01. The summed E-state index contributed by atoms with van der Waals surface area (Å²) >= 11 is 14.0. The molecule has 1 aromatic carbocycles. The molecule has 0 fully saturated rings. The lowest BCUT2D eigenvalue weighted by atomic mass is 10.1. The van der Waals surface area contributed by atoms with E-state index in [1.54, 1.807) is 11.3 Å². The normalized spacial score (nSPS) is 11.2. The minimum absolute atomic E-state index is 0.440. The summed E-state index contributed by atoms with van der Waals surface area (Å²) in [5.74, 6) is 0. The van der Waals surface area contributed by atoms with E-state index in [-0.39, 0.29) is 0 Å². The van der Waals surface area contributed by atoms with Gasteiger partial charge in [0.15, 0.2) is 0 Å². The molecule has 4 heteroatoms. The first kappa shape index (κ1) is 13.9. The molecule has 1 heterocycles. The van der Waals surface area contributed by atoms with E-state index in [2.05, 4.69) is 25.2 Å². The molecule has 0 unspecified atom stereocenters. The lowest BCUT2D eigenvalue weighted by Gasteiger charge is -2.11. The Balaban J connectivity index is 2.29. The van der Waals surface area contributed by atoms with Crippen molar-refractivity contribution in [2.24, 2.45) is 0 Å². The van der Waals surface area contributed by atoms with Gasteiger partial charge in [0.25, 0.3) is 0 Å². The first-order valence-electron chi connectivity index (χ1n) is 5.83. The standard InChI is InChI=1S/C14H15Cl2NS/c1-9(2)17-8-11-7-10(3-4-12(11)15)14-13(16)5-6-18-14/h3-7,9,17H,8H2,1-2H3. The van der Waals surface area contributed by atoms with Crippen molar-refractivity contribution >= 4 is 34.5 Å². The number of hydrogen-bond donors (Lipinski definition) is 1. The molecule has 0 radical (unpaired) electrons. The average molecular weight is 300 g/mol. The molecule has 0 bridgehead atoms. The third kappa shape index (κ3) is 3.27. The number of halogens is 2. The summed E-state index contributed by atoms with van der Waals surface area (Å²) in [4.78, 5) is 1.10. The lowest BCUT2D eigenvalue weighted by Crippen LogP contribution is -2.21. The van der Waals surface area contributed by atoms with Crippen LogP contribution in [-0.2, 0) is 6.54 Å². The van der Waals surface area contributed by atoms with E-state index >= 15 is 0 Å². The van der Waals surface area contributed by atoms with Crippen molar-refractivity contribution in [1.29, 1.82) is 0 Å². The number of benzene rings is 1. The molecule has 0 spiro atoms. The predicted molar refractivity (Wildman–Crippen MR) is 81.8 cm³/mol. The van der Waals surface area contributed by atoms with Crippen LogP contribution >= 0.6 is 34.5 Å². The predicted octanol–water partition coefficient (Wildman–Crippen LogP) is 5.22. The van der Waals surface area contributed by atoms with Crippen LogP contribution in [0.15, 0.2) is 29.6 Å². The molecular weight excluding hydrogens is 285 g/mol. The molecule has 0 atom stereocenters. The van der Waals surface area contributed by atoms with Crippen LogP contribution in [-0.4, -0.2) is 6.04 Å². The molecule has 0 saturated carbocycles. The second kappa shape index (κ2) is 6.07. The van der Waals surface area contributed by atoms with Crippen LogP contribution in [0.4, 0.5) is 0 Å². The van der Waals surface area contributed by atoms with Gasteiger partial charge in [-0.3, -0.25) is 0 Å². The van der Waals surface area contributed by atoms with E-state index in [0.717, 1.165) is 32.6 Å². The van der Waals surface area contributed by atoms with Crippen molar-refractivity contribution in [3.8, 4) is 10.4 Å². The summed E-state index contributed by atoms with van der Waals surface area (Å²) < 4.78 is 0. The quantitative estimate of drug-likeness (QED) is 0.816. The van der Waals surface area contributed by atoms with E-state index in [9.17, 15) is 0 Å². The summed E-state index contributed by atoms with van der Waals surface area (Å²) in [6.45, 7) is 5.01. The molecule has 96 valence electrons. The third-order valence-electron chi connectivity index (χ3n) is 2.63. The minimum Gasteiger partial charge on any atom is -0.310 e. The van der Waals surface area contributed by atoms with Crippen LogP contribution in [0.25, 0.3) is 10.4 Å². The monoisotopic (exact) mass is 299 g/mol. The van der Waals surface area contributed by atoms with E-state index in [4.69, 9.17) is 23.2 Å².